The summed E-state index contributed by atoms with van der Waals surface area (Å²) in [6.07, 6.45) is 1.04. The van der Waals surface area contributed by atoms with Crippen LogP contribution in [0.2, 0.25) is 0 Å². The number of benzene rings is 1. The average Bonchev–Trinajstić information content (AvgIpc) is 2.25. The Bertz CT molecular complexity index is 391. The molecule has 0 saturated carbocycles. The van der Waals surface area contributed by atoms with Crippen molar-refractivity contribution in [1.29, 1.82) is 0 Å². The number of rotatable bonds is 6. The Morgan fingerprint density at radius 2 is 2.18 bits per heavy atom. The summed E-state index contributed by atoms with van der Waals surface area (Å²) in [5.41, 5.74) is 5.96. The van der Waals surface area contributed by atoms with Crippen molar-refractivity contribution in [3.63, 3.8) is 0 Å². The highest BCUT2D eigenvalue weighted by atomic mass is 19.1. The Labute approximate surface area is 101 Å². The van der Waals surface area contributed by atoms with Gasteiger partial charge >= 0.3 is 0 Å². The van der Waals surface area contributed by atoms with E-state index in [1.165, 1.54) is 18.2 Å². The molecule has 0 aliphatic carbocycles. The number of halogens is 1. The quantitative estimate of drug-likeness (QED) is 0.745. The van der Waals surface area contributed by atoms with Gasteiger partial charge in [-0.05, 0) is 37.1 Å². The molecule has 0 atom stereocenters. The summed E-state index contributed by atoms with van der Waals surface area (Å²) in [5, 5.41) is 3.15. The van der Waals surface area contributed by atoms with Crippen LogP contribution in [0.25, 0.3) is 0 Å². The molecule has 4 heteroatoms. The van der Waals surface area contributed by atoms with Crippen molar-refractivity contribution in [1.82, 2.24) is 5.32 Å². The summed E-state index contributed by atoms with van der Waals surface area (Å²) in [6.45, 7) is 5.52. The minimum absolute atomic E-state index is 0.313. The van der Waals surface area contributed by atoms with Gasteiger partial charge in [-0.1, -0.05) is 13.8 Å². The molecule has 0 aromatic heterocycles. The van der Waals surface area contributed by atoms with Gasteiger partial charge in [-0.15, -0.1) is 0 Å². The molecule has 0 bridgehead atoms. The lowest BCUT2D eigenvalue weighted by Gasteiger charge is -2.08. The predicted molar refractivity (Wildman–Crippen MR) is 66.1 cm³/mol. The molecule has 1 aromatic carbocycles. The Hall–Kier alpha value is -1.42. The molecule has 1 aromatic rings. The van der Waals surface area contributed by atoms with E-state index in [2.05, 4.69) is 19.2 Å². The van der Waals surface area contributed by atoms with Crippen LogP contribution in [0.3, 0.4) is 0 Å². The van der Waals surface area contributed by atoms with Crippen molar-refractivity contribution in [2.45, 2.75) is 26.8 Å². The predicted octanol–water partition coefficient (Wildman–Crippen LogP) is 2.06. The van der Waals surface area contributed by atoms with Crippen molar-refractivity contribution in [3.05, 3.63) is 35.1 Å². The lowest BCUT2D eigenvalue weighted by Crippen LogP contribution is -2.18. The van der Waals surface area contributed by atoms with Crippen LogP contribution in [-0.4, -0.2) is 12.5 Å². The van der Waals surface area contributed by atoms with Gasteiger partial charge in [0.05, 0.1) is 0 Å². The molecule has 0 aliphatic heterocycles. The molecule has 3 N–H and O–H groups in total. The third-order valence-corrected chi connectivity index (χ3v) is 2.54. The van der Waals surface area contributed by atoms with E-state index in [0.717, 1.165) is 13.0 Å². The van der Waals surface area contributed by atoms with E-state index in [-0.39, 0.29) is 5.82 Å². The van der Waals surface area contributed by atoms with Gasteiger partial charge in [0.15, 0.2) is 0 Å². The fourth-order valence-corrected chi connectivity index (χ4v) is 1.48. The number of amides is 1. The van der Waals surface area contributed by atoms with E-state index in [1.54, 1.807) is 0 Å². The first-order chi connectivity index (χ1) is 8.00. The molecule has 1 amide bonds. The molecule has 0 spiro atoms. The van der Waals surface area contributed by atoms with Crippen LogP contribution in [0.1, 0.15) is 36.2 Å². The first-order valence-corrected chi connectivity index (χ1v) is 5.79. The van der Waals surface area contributed by atoms with Crippen molar-refractivity contribution in [3.8, 4) is 0 Å². The fourth-order valence-electron chi connectivity index (χ4n) is 1.48. The first kappa shape index (κ1) is 13.6. The highest BCUT2D eigenvalue weighted by Gasteiger charge is 2.06. The lowest BCUT2D eigenvalue weighted by atomic mass is 10.1. The zero-order valence-corrected chi connectivity index (χ0v) is 10.3. The maximum Gasteiger partial charge on any atom is 0.248 e. The van der Waals surface area contributed by atoms with Crippen molar-refractivity contribution < 1.29 is 9.18 Å². The molecule has 0 radical (unpaired) electrons. The molecule has 94 valence electrons. The van der Waals surface area contributed by atoms with E-state index in [4.69, 9.17) is 5.73 Å². The normalized spacial score (nSPS) is 10.8. The molecule has 1 rings (SSSR count). The molecule has 17 heavy (non-hydrogen) atoms. The van der Waals surface area contributed by atoms with Crippen LogP contribution >= 0.6 is 0 Å². The minimum atomic E-state index is -0.534. The molecule has 0 aliphatic rings. The summed E-state index contributed by atoms with van der Waals surface area (Å²) in [5.74, 6) is -0.232. The van der Waals surface area contributed by atoms with E-state index >= 15 is 0 Å². The van der Waals surface area contributed by atoms with E-state index < -0.39 is 5.91 Å². The summed E-state index contributed by atoms with van der Waals surface area (Å²) in [6, 6.07) is 4.18. The van der Waals surface area contributed by atoms with Crippen molar-refractivity contribution in [2.24, 2.45) is 11.7 Å². The number of hydrogen-bond donors (Lipinski definition) is 2. The van der Waals surface area contributed by atoms with Crippen LogP contribution in [0.15, 0.2) is 18.2 Å². The second-order valence-electron chi connectivity index (χ2n) is 4.53. The van der Waals surface area contributed by atoms with Gasteiger partial charge in [-0.3, -0.25) is 4.79 Å². The fraction of sp³-hybridized carbons (Fsp3) is 0.462. The number of carbonyl (C=O) groups is 1. The molecule has 3 nitrogen and oxygen atoms in total. The number of primary amides is 1. The molecule has 0 fully saturated rings. The first-order valence-electron chi connectivity index (χ1n) is 5.79. The summed E-state index contributed by atoms with van der Waals surface area (Å²) in [4.78, 5) is 11.0. The number of nitrogens with two attached hydrogens (primary N) is 1. The third kappa shape index (κ3) is 4.53. The SMILES string of the molecule is CC(C)CCNCc1cc(C(N)=O)ccc1F. The van der Waals surface area contributed by atoms with Crippen molar-refractivity contribution >= 4 is 5.91 Å². The van der Waals surface area contributed by atoms with E-state index in [1.807, 2.05) is 0 Å². The maximum absolute atomic E-state index is 13.4. The van der Waals surface area contributed by atoms with Gasteiger partial charge < -0.3 is 11.1 Å². The van der Waals surface area contributed by atoms with Crippen LogP contribution in [0, 0.1) is 11.7 Å². The Balaban J connectivity index is 2.57. The van der Waals surface area contributed by atoms with Crippen LogP contribution in [0.5, 0.6) is 0 Å². The second-order valence-corrected chi connectivity index (χ2v) is 4.53. The molecule has 0 heterocycles. The highest BCUT2D eigenvalue weighted by molar-refractivity contribution is 5.92. The standard InChI is InChI=1S/C13H19FN2O/c1-9(2)5-6-16-8-11-7-10(13(15)17)3-4-12(11)14/h3-4,7,9,16H,5-6,8H2,1-2H3,(H2,15,17). The average molecular weight is 238 g/mol. The topological polar surface area (TPSA) is 55.1 Å². The number of hydrogen-bond acceptors (Lipinski definition) is 2. The van der Waals surface area contributed by atoms with Crippen LogP contribution < -0.4 is 11.1 Å². The Morgan fingerprint density at radius 3 is 2.76 bits per heavy atom. The highest BCUT2D eigenvalue weighted by Crippen LogP contribution is 2.10. The zero-order chi connectivity index (χ0) is 12.8. The largest absolute Gasteiger partial charge is 0.366 e. The monoisotopic (exact) mass is 238 g/mol. The van der Waals surface area contributed by atoms with Crippen molar-refractivity contribution in [2.75, 3.05) is 6.54 Å². The maximum atomic E-state index is 13.4. The van der Waals surface area contributed by atoms with Gasteiger partial charge in [0.2, 0.25) is 5.91 Å². The van der Waals surface area contributed by atoms with Gasteiger partial charge in [-0.2, -0.15) is 0 Å². The van der Waals surface area contributed by atoms with Gasteiger partial charge in [0, 0.05) is 17.7 Å². The molecular weight excluding hydrogens is 219 g/mol. The van der Waals surface area contributed by atoms with Gasteiger partial charge in [-0.25, -0.2) is 4.39 Å². The second kappa shape index (κ2) is 6.35. The molecular formula is C13H19FN2O. The van der Waals surface area contributed by atoms with E-state index in [0.29, 0.717) is 23.6 Å². The van der Waals surface area contributed by atoms with Gasteiger partial charge in [0.1, 0.15) is 5.82 Å². The Morgan fingerprint density at radius 1 is 1.47 bits per heavy atom. The molecule has 0 saturated heterocycles. The van der Waals surface area contributed by atoms with Crippen LogP contribution in [0.4, 0.5) is 4.39 Å². The Kier molecular flexibility index (Phi) is 5.10. The number of nitrogens with one attached hydrogen (secondary N) is 1. The minimum Gasteiger partial charge on any atom is -0.366 e. The molecule has 0 unspecified atom stereocenters. The van der Waals surface area contributed by atoms with Gasteiger partial charge in [0.25, 0.3) is 0 Å². The zero-order valence-electron chi connectivity index (χ0n) is 10.3. The summed E-state index contributed by atoms with van der Waals surface area (Å²) in [7, 11) is 0. The third-order valence-electron chi connectivity index (χ3n) is 2.54. The smallest absolute Gasteiger partial charge is 0.248 e. The number of carbonyl (C=O) groups excluding carboxylic acids is 1. The summed E-state index contributed by atoms with van der Waals surface area (Å²) >= 11 is 0. The summed E-state index contributed by atoms with van der Waals surface area (Å²) < 4.78 is 13.4. The van der Waals surface area contributed by atoms with E-state index in [9.17, 15) is 9.18 Å². The van der Waals surface area contributed by atoms with Crippen LogP contribution in [-0.2, 0) is 6.54 Å². The lowest BCUT2D eigenvalue weighted by molar-refractivity contribution is 0.1000.